The van der Waals surface area contributed by atoms with Crippen LogP contribution in [0.1, 0.15) is 33.6 Å². The molecule has 8 nitrogen and oxygen atoms in total. The Morgan fingerprint density at radius 1 is 1.00 bits per heavy atom. The molecule has 0 aliphatic carbocycles. The summed E-state index contributed by atoms with van der Waals surface area (Å²) in [5.74, 6) is 2.18. The maximum absolute atomic E-state index is 13.2. The lowest BCUT2D eigenvalue weighted by molar-refractivity contribution is 0.0427. The monoisotopic (exact) mass is 427 g/mol. The van der Waals surface area contributed by atoms with Crippen molar-refractivity contribution in [3.8, 4) is 28.7 Å². The zero-order valence-electron chi connectivity index (χ0n) is 18.0. The smallest absolute Gasteiger partial charge is 0.254 e. The van der Waals surface area contributed by atoms with E-state index in [1.54, 1.807) is 42.3 Å². The molecule has 0 aromatic heterocycles. The molecule has 0 N–H and O–H groups in total. The summed E-state index contributed by atoms with van der Waals surface area (Å²) in [6.45, 7) is 0.800. The number of methoxy groups -OCH3 is 4. The average Bonchev–Trinajstić information content (AvgIpc) is 3.19. The lowest BCUT2D eigenvalue weighted by atomic mass is 9.89. The lowest BCUT2D eigenvalue weighted by Gasteiger charge is -2.34. The fraction of sp³-hybridized carbons (Fsp3) is 0.391. The molecule has 1 spiro atoms. The highest BCUT2D eigenvalue weighted by Gasteiger charge is 2.47. The second-order valence-electron chi connectivity index (χ2n) is 7.64. The molecular formula is C23H25NO7. The number of benzene rings is 2. The van der Waals surface area contributed by atoms with Gasteiger partial charge in [-0.05, 0) is 30.3 Å². The highest BCUT2D eigenvalue weighted by Crippen LogP contribution is 2.42. The number of amides is 1. The van der Waals surface area contributed by atoms with E-state index in [9.17, 15) is 9.59 Å². The average molecular weight is 427 g/mol. The number of Topliss-reactive ketones (excluding diaryl/α,β-unsaturated/α-hetero) is 1. The molecule has 1 unspecified atom stereocenters. The summed E-state index contributed by atoms with van der Waals surface area (Å²) in [6, 6.07) is 8.46. The number of rotatable bonds is 5. The number of carbonyl (C=O) groups is 2. The van der Waals surface area contributed by atoms with Crippen LogP contribution in [0.2, 0.25) is 0 Å². The van der Waals surface area contributed by atoms with E-state index in [1.807, 2.05) is 0 Å². The third kappa shape index (κ3) is 3.62. The largest absolute Gasteiger partial charge is 0.497 e. The van der Waals surface area contributed by atoms with Crippen LogP contribution in [0, 0.1) is 0 Å². The number of hydrogen-bond donors (Lipinski definition) is 0. The fourth-order valence-electron chi connectivity index (χ4n) is 4.23. The lowest BCUT2D eigenvalue weighted by Crippen LogP contribution is -2.45. The Morgan fingerprint density at radius 3 is 2.32 bits per heavy atom. The zero-order valence-corrected chi connectivity index (χ0v) is 18.0. The second kappa shape index (κ2) is 8.02. The van der Waals surface area contributed by atoms with E-state index in [2.05, 4.69) is 0 Å². The number of likely N-dealkylation sites (tertiary alicyclic amines) is 1. The third-order valence-electron chi connectivity index (χ3n) is 5.81. The summed E-state index contributed by atoms with van der Waals surface area (Å²) in [5, 5.41) is 0. The van der Waals surface area contributed by atoms with Crippen LogP contribution in [0.4, 0.5) is 0 Å². The van der Waals surface area contributed by atoms with Crippen LogP contribution >= 0.6 is 0 Å². The first-order valence-corrected chi connectivity index (χ1v) is 9.93. The molecule has 1 atom stereocenters. The number of nitrogens with zero attached hydrogens (tertiary/aromatic N) is 1. The molecular weight excluding hydrogens is 402 g/mol. The van der Waals surface area contributed by atoms with Crippen molar-refractivity contribution in [3.05, 3.63) is 41.5 Å². The molecule has 0 saturated carbocycles. The summed E-state index contributed by atoms with van der Waals surface area (Å²) < 4.78 is 27.5. The molecule has 0 radical (unpaired) electrons. The van der Waals surface area contributed by atoms with Crippen molar-refractivity contribution in [1.29, 1.82) is 0 Å². The van der Waals surface area contributed by atoms with Gasteiger partial charge in [0.25, 0.3) is 5.91 Å². The highest BCUT2D eigenvalue weighted by atomic mass is 16.5. The van der Waals surface area contributed by atoms with Gasteiger partial charge < -0.3 is 28.6 Å². The molecule has 2 aliphatic heterocycles. The quantitative estimate of drug-likeness (QED) is 0.725. The minimum atomic E-state index is -0.727. The first kappa shape index (κ1) is 20.8. The third-order valence-corrected chi connectivity index (χ3v) is 5.81. The predicted octanol–water partition coefficient (Wildman–Crippen LogP) is 2.97. The molecule has 2 aromatic carbocycles. The summed E-state index contributed by atoms with van der Waals surface area (Å²) in [5.41, 5.74) is 0.202. The normalized spacial score (nSPS) is 19.6. The van der Waals surface area contributed by atoms with Crippen molar-refractivity contribution in [1.82, 2.24) is 4.90 Å². The molecule has 4 rings (SSSR count). The Balaban J connectivity index is 1.58. The van der Waals surface area contributed by atoms with Gasteiger partial charge in [-0.1, -0.05) is 0 Å². The van der Waals surface area contributed by atoms with Crippen molar-refractivity contribution in [2.45, 2.75) is 18.4 Å². The van der Waals surface area contributed by atoms with Crippen LogP contribution in [0.3, 0.4) is 0 Å². The molecule has 1 saturated heterocycles. The van der Waals surface area contributed by atoms with Crippen molar-refractivity contribution in [2.24, 2.45) is 0 Å². The van der Waals surface area contributed by atoms with Crippen molar-refractivity contribution in [3.63, 3.8) is 0 Å². The minimum absolute atomic E-state index is 0.0118. The van der Waals surface area contributed by atoms with Gasteiger partial charge in [0.1, 0.15) is 17.1 Å². The first-order valence-electron chi connectivity index (χ1n) is 9.93. The minimum Gasteiger partial charge on any atom is -0.497 e. The summed E-state index contributed by atoms with van der Waals surface area (Å²) >= 11 is 0. The molecule has 2 aliphatic rings. The topological polar surface area (TPSA) is 83.5 Å². The molecule has 1 amide bonds. The van der Waals surface area contributed by atoms with Crippen LogP contribution in [0.25, 0.3) is 0 Å². The molecule has 8 heteroatoms. The molecule has 2 aromatic rings. The summed E-state index contributed by atoms with van der Waals surface area (Å²) in [7, 11) is 6.08. The van der Waals surface area contributed by atoms with E-state index in [4.69, 9.17) is 23.7 Å². The van der Waals surface area contributed by atoms with E-state index in [0.29, 0.717) is 59.4 Å². The Labute approximate surface area is 180 Å². The number of ketones is 1. The van der Waals surface area contributed by atoms with E-state index in [1.165, 1.54) is 21.3 Å². The van der Waals surface area contributed by atoms with Gasteiger partial charge in [0.2, 0.25) is 5.75 Å². The summed E-state index contributed by atoms with van der Waals surface area (Å²) in [6.07, 6.45) is 0.784. The van der Waals surface area contributed by atoms with Crippen molar-refractivity contribution in [2.75, 3.05) is 41.5 Å². The number of hydrogen-bond acceptors (Lipinski definition) is 7. The Bertz CT molecular complexity index is 1010. The van der Waals surface area contributed by atoms with Gasteiger partial charge in [0.15, 0.2) is 17.3 Å². The van der Waals surface area contributed by atoms with Gasteiger partial charge in [-0.15, -0.1) is 0 Å². The van der Waals surface area contributed by atoms with E-state index >= 15 is 0 Å². The molecule has 31 heavy (non-hydrogen) atoms. The van der Waals surface area contributed by atoms with Crippen LogP contribution in [0.15, 0.2) is 30.3 Å². The second-order valence-corrected chi connectivity index (χ2v) is 7.64. The number of ether oxygens (including phenoxy) is 5. The van der Waals surface area contributed by atoms with Gasteiger partial charge in [-0.3, -0.25) is 9.59 Å². The maximum atomic E-state index is 13.2. The maximum Gasteiger partial charge on any atom is 0.254 e. The van der Waals surface area contributed by atoms with E-state index in [-0.39, 0.29) is 18.1 Å². The van der Waals surface area contributed by atoms with Crippen LogP contribution in [-0.2, 0) is 0 Å². The number of carbonyl (C=O) groups excluding carboxylic acids is 2. The van der Waals surface area contributed by atoms with Crippen LogP contribution in [0.5, 0.6) is 28.7 Å². The molecule has 2 heterocycles. The van der Waals surface area contributed by atoms with E-state index < -0.39 is 5.60 Å². The molecule has 0 bridgehead atoms. The van der Waals surface area contributed by atoms with Gasteiger partial charge in [0, 0.05) is 18.5 Å². The van der Waals surface area contributed by atoms with Crippen molar-refractivity contribution >= 4 is 11.7 Å². The molecule has 164 valence electrons. The van der Waals surface area contributed by atoms with Gasteiger partial charge in [-0.25, -0.2) is 0 Å². The van der Waals surface area contributed by atoms with Crippen LogP contribution in [-0.4, -0.2) is 63.7 Å². The standard InChI is InChI=1S/C23H25NO7/c1-27-15-5-6-18-16(11-15)17(25)12-23(31-18)7-8-24(13-23)22(26)14-9-19(28-2)21(30-4)20(10-14)29-3/h5-6,9-11H,7-8,12-13H2,1-4H3. The predicted molar refractivity (Wildman–Crippen MR) is 112 cm³/mol. The number of fused-ring (bicyclic) bond motifs is 1. The van der Waals surface area contributed by atoms with Crippen molar-refractivity contribution < 1.29 is 33.3 Å². The Hall–Kier alpha value is -3.42. The molecule has 1 fully saturated rings. The van der Waals surface area contributed by atoms with E-state index in [0.717, 1.165) is 0 Å². The first-order chi connectivity index (χ1) is 14.9. The van der Waals surface area contributed by atoms with Gasteiger partial charge in [-0.2, -0.15) is 0 Å². The SMILES string of the molecule is COc1ccc2c(c1)C(=O)CC1(CCN(C(=O)c3cc(OC)c(OC)c(OC)c3)C1)O2. The van der Waals surface area contributed by atoms with Gasteiger partial charge in [0.05, 0.1) is 47.0 Å². The fourth-order valence-corrected chi connectivity index (χ4v) is 4.23. The Morgan fingerprint density at radius 2 is 1.71 bits per heavy atom. The van der Waals surface area contributed by atoms with Gasteiger partial charge >= 0.3 is 0 Å². The highest BCUT2D eigenvalue weighted by molar-refractivity contribution is 6.01. The van der Waals surface area contributed by atoms with Crippen LogP contribution < -0.4 is 23.7 Å². The Kier molecular flexibility index (Phi) is 5.39. The summed E-state index contributed by atoms with van der Waals surface area (Å²) in [4.78, 5) is 27.7. The zero-order chi connectivity index (χ0) is 22.2.